The first-order valence-electron chi connectivity index (χ1n) is 7.86. The fourth-order valence-electron chi connectivity index (χ4n) is 2.54. The summed E-state index contributed by atoms with van der Waals surface area (Å²) < 4.78 is 1.06. The molecule has 1 N–H and O–H groups in total. The van der Waals surface area contributed by atoms with Gasteiger partial charge in [0.1, 0.15) is 11.5 Å². The minimum Gasteiger partial charge on any atom is -0.339 e. The number of aryl methyl sites for hydroxylation is 1. The van der Waals surface area contributed by atoms with Gasteiger partial charge in [0.25, 0.3) is 5.91 Å². The summed E-state index contributed by atoms with van der Waals surface area (Å²) in [7, 11) is 2.06. The number of anilines is 2. The zero-order valence-corrected chi connectivity index (χ0v) is 15.4. The van der Waals surface area contributed by atoms with Crippen LogP contribution in [0, 0.1) is 6.92 Å². The average molecular weight is 390 g/mol. The molecule has 7 heteroatoms. The lowest BCUT2D eigenvalue weighted by atomic mass is 10.2. The highest BCUT2D eigenvalue weighted by Crippen LogP contribution is 2.22. The zero-order valence-electron chi connectivity index (χ0n) is 13.8. The molecule has 6 nitrogen and oxygen atoms in total. The number of nitrogens with one attached hydrogen (secondary N) is 1. The molecule has 24 heavy (non-hydrogen) atoms. The Balaban J connectivity index is 1.66. The van der Waals surface area contributed by atoms with E-state index in [1.165, 1.54) is 6.20 Å². The van der Waals surface area contributed by atoms with Gasteiger partial charge in [-0.3, -0.25) is 4.79 Å². The van der Waals surface area contributed by atoms with Gasteiger partial charge in [0.15, 0.2) is 0 Å². The Hall–Kier alpha value is -1.99. The quantitative estimate of drug-likeness (QED) is 0.873. The predicted octanol–water partition coefficient (Wildman–Crippen LogP) is 2.68. The fourth-order valence-corrected chi connectivity index (χ4v) is 2.79. The second-order valence-corrected chi connectivity index (χ2v) is 6.83. The molecule has 2 aromatic rings. The summed E-state index contributed by atoms with van der Waals surface area (Å²) in [5.41, 5.74) is 2.45. The van der Waals surface area contributed by atoms with Gasteiger partial charge in [-0.25, -0.2) is 9.97 Å². The van der Waals surface area contributed by atoms with Gasteiger partial charge in [-0.1, -0.05) is 15.9 Å². The van der Waals surface area contributed by atoms with E-state index in [1.807, 2.05) is 30.0 Å². The van der Waals surface area contributed by atoms with Gasteiger partial charge in [0.05, 0.1) is 12.4 Å². The minimum absolute atomic E-state index is 0.0540. The highest BCUT2D eigenvalue weighted by Gasteiger charge is 2.21. The molecule has 3 rings (SSSR count). The van der Waals surface area contributed by atoms with E-state index in [-0.39, 0.29) is 5.91 Å². The number of aromatic nitrogens is 2. The minimum atomic E-state index is -0.0540. The largest absolute Gasteiger partial charge is 0.339 e. The fraction of sp³-hybridized carbons (Fsp3) is 0.353. The molecule has 0 saturated carbocycles. The first-order chi connectivity index (χ1) is 11.5. The number of rotatable bonds is 3. The summed E-state index contributed by atoms with van der Waals surface area (Å²) in [5, 5.41) is 3.20. The second-order valence-electron chi connectivity index (χ2n) is 5.97. The van der Waals surface area contributed by atoms with Crippen molar-refractivity contribution in [3.8, 4) is 0 Å². The normalized spacial score (nSPS) is 15.4. The third kappa shape index (κ3) is 3.91. The summed E-state index contributed by atoms with van der Waals surface area (Å²) in [6.07, 6.45) is 3.13. The van der Waals surface area contributed by atoms with Gasteiger partial charge in [-0.15, -0.1) is 0 Å². The van der Waals surface area contributed by atoms with Gasteiger partial charge >= 0.3 is 0 Å². The molecule has 1 aromatic carbocycles. The molecule has 1 fully saturated rings. The number of nitrogens with zero attached hydrogens (tertiary/aromatic N) is 4. The first kappa shape index (κ1) is 16.9. The van der Waals surface area contributed by atoms with E-state index >= 15 is 0 Å². The molecule has 0 spiro atoms. The number of piperazine rings is 1. The van der Waals surface area contributed by atoms with Crippen LogP contribution in [0.4, 0.5) is 11.5 Å². The Bertz CT molecular complexity index is 726. The second kappa shape index (κ2) is 7.27. The standard InChI is InChI=1S/C17H20BrN5O/c1-12-9-13(3-4-14(12)18)21-16-11-19-15(10-20-16)17(24)23-7-5-22(2)6-8-23/h3-4,9-11H,5-8H2,1-2H3,(H,20,21). The van der Waals surface area contributed by atoms with Gasteiger partial charge in [0.2, 0.25) is 0 Å². The number of halogens is 1. The lowest BCUT2D eigenvalue weighted by Gasteiger charge is -2.32. The molecule has 0 aliphatic carbocycles. The van der Waals surface area contributed by atoms with Crippen LogP contribution in [0.3, 0.4) is 0 Å². The number of carbonyl (C=O) groups excluding carboxylic acids is 1. The number of hydrogen-bond acceptors (Lipinski definition) is 5. The highest BCUT2D eigenvalue weighted by molar-refractivity contribution is 9.10. The van der Waals surface area contributed by atoms with E-state index in [9.17, 15) is 4.79 Å². The molecule has 1 amide bonds. The van der Waals surface area contributed by atoms with Gasteiger partial charge in [-0.05, 0) is 37.7 Å². The molecule has 2 heterocycles. The molecular formula is C17H20BrN5O. The average Bonchev–Trinajstić information content (AvgIpc) is 2.59. The summed E-state index contributed by atoms with van der Waals surface area (Å²) in [5.74, 6) is 0.563. The number of hydrogen-bond donors (Lipinski definition) is 1. The van der Waals surface area contributed by atoms with Crippen LogP contribution >= 0.6 is 15.9 Å². The molecule has 1 saturated heterocycles. The van der Waals surface area contributed by atoms with Crippen molar-refractivity contribution in [3.05, 3.63) is 46.3 Å². The maximum absolute atomic E-state index is 12.4. The van der Waals surface area contributed by atoms with E-state index in [2.05, 4.69) is 43.2 Å². The molecular weight excluding hydrogens is 370 g/mol. The van der Waals surface area contributed by atoms with Crippen LogP contribution in [-0.4, -0.2) is 58.9 Å². The highest BCUT2D eigenvalue weighted by atomic mass is 79.9. The van der Waals surface area contributed by atoms with E-state index in [4.69, 9.17) is 0 Å². The molecule has 126 valence electrons. The van der Waals surface area contributed by atoms with Crippen molar-refractivity contribution in [2.45, 2.75) is 6.92 Å². The maximum Gasteiger partial charge on any atom is 0.274 e. The van der Waals surface area contributed by atoms with Crippen LogP contribution in [-0.2, 0) is 0 Å². The Morgan fingerprint density at radius 2 is 1.92 bits per heavy atom. The van der Waals surface area contributed by atoms with Crippen LogP contribution in [0.5, 0.6) is 0 Å². The van der Waals surface area contributed by atoms with Crippen LogP contribution in [0.25, 0.3) is 0 Å². The van der Waals surface area contributed by atoms with Crippen LogP contribution in [0.2, 0.25) is 0 Å². The van der Waals surface area contributed by atoms with E-state index in [0.717, 1.165) is 41.9 Å². The predicted molar refractivity (Wildman–Crippen MR) is 97.6 cm³/mol. The smallest absolute Gasteiger partial charge is 0.274 e. The lowest BCUT2D eigenvalue weighted by molar-refractivity contribution is 0.0658. The Labute approximate surface area is 150 Å². The monoisotopic (exact) mass is 389 g/mol. The Morgan fingerprint density at radius 1 is 1.17 bits per heavy atom. The van der Waals surface area contributed by atoms with E-state index in [0.29, 0.717) is 11.5 Å². The SMILES string of the molecule is Cc1cc(Nc2cnc(C(=O)N3CCN(C)CC3)cn2)ccc1Br. The summed E-state index contributed by atoms with van der Waals surface area (Å²) >= 11 is 3.48. The van der Waals surface area contributed by atoms with Gasteiger partial charge < -0.3 is 15.1 Å². The Morgan fingerprint density at radius 3 is 2.54 bits per heavy atom. The van der Waals surface area contributed by atoms with Crippen molar-refractivity contribution >= 4 is 33.3 Å². The Kier molecular flexibility index (Phi) is 5.11. The molecule has 0 atom stereocenters. The van der Waals surface area contributed by atoms with Gasteiger partial charge in [-0.2, -0.15) is 0 Å². The maximum atomic E-state index is 12.4. The van der Waals surface area contributed by atoms with Crippen molar-refractivity contribution in [2.24, 2.45) is 0 Å². The lowest BCUT2D eigenvalue weighted by Crippen LogP contribution is -2.47. The van der Waals surface area contributed by atoms with Crippen molar-refractivity contribution in [1.82, 2.24) is 19.8 Å². The molecule has 1 aromatic heterocycles. The number of amides is 1. The third-order valence-corrected chi connectivity index (χ3v) is 4.98. The van der Waals surface area contributed by atoms with Crippen molar-refractivity contribution in [3.63, 3.8) is 0 Å². The molecule has 1 aliphatic rings. The topological polar surface area (TPSA) is 61.4 Å². The number of likely N-dealkylation sites (N-methyl/N-ethyl adjacent to an activating group) is 1. The van der Waals surface area contributed by atoms with Crippen LogP contribution < -0.4 is 5.32 Å². The van der Waals surface area contributed by atoms with Crippen molar-refractivity contribution in [1.29, 1.82) is 0 Å². The van der Waals surface area contributed by atoms with Crippen LogP contribution in [0.15, 0.2) is 35.1 Å². The molecule has 0 radical (unpaired) electrons. The van der Waals surface area contributed by atoms with E-state index in [1.54, 1.807) is 6.20 Å². The third-order valence-electron chi connectivity index (χ3n) is 4.09. The summed E-state index contributed by atoms with van der Waals surface area (Å²) in [6, 6.07) is 5.97. The summed E-state index contributed by atoms with van der Waals surface area (Å²) in [6.45, 7) is 5.27. The zero-order chi connectivity index (χ0) is 17.1. The number of benzene rings is 1. The molecule has 0 bridgehead atoms. The number of carbonyl (C=O) groups is 1. The molecule has 0 unspecified atom stereocenters. The summed E-state index contributed by atoms with van der Waals surface area (Å²) in [4.78, 5) is 25.1. The van der Waals surface area contributed by atoms with Crippen LogP contribution in [0.1, 0.15) is 16.1 Å². The first-order valence-corrected chi connectivity index (χ1v) is 8.65. The van der Waals surface area contributed by atoms with E-state index < -0.39 is 0 Å². The van der Waals surface area contributed by atoms with Crippen molar-refractivity contribution in [2.75, 3.05) is 38.5 Å². The van der Waals surface area contributed by atoms with Crippen molar-refractivity contribution < 1.29 is 4.79 Å². The molecule has 1 aliphatic heterocycles. The van der Waals surface area contributed by atoms with Gasteiger partial charge in [0, 0.05) is 36.3 Å².